The van der Waals surface area contributed by atoms with Crippen molar-refractivity contribution < 1.29 is 5.11 Å². The van der Waals surface area contributed by atoms with Crippen molar-refractivity contribution in [1.29, 1.82) is 0 Å². The van der Waals surface area contributed by atoms with Crippen molar-refractivity contribution in [3.8, 4) is 0 Å². The van der Waals surface area contributed by atoms with E-state index in [2.05, 4.69) is 20.8 Å². The van der Waals surface area contributed by atoms with E-state index in [4.69, 9.17) is 0 Å². The van der Waals surface area contributed by atoms with Gasteiger partial charge in [0.1, 0.15) is 0 Å². The van der Waals surface area contributed by atoms with Crippen LogP contribution < -0.4 is 0 Å². The summed E-state index contributed by atoms with van der Waals surface area (Å²) in [6, 6.07) is 0. The first-order chi connectivity index (χ1) is 8.64. The van der Waals surface area contributed by atoms with Crippen LogP contribution in [0.3, 0.4) is 0 Å². The predicted octanol–water partition coefficient (Wildman–Crippen LogP) is 3.96. The molecule has 0 aromatic rings. The maximum absolute atomic E-state index is 9.87. The van der Waals surface area contributed by atoms with Crippen molar-refractivity contribution >= 4 is 15.9 Å². The highest BCUT2D eigenvalue weighted by molar-refractivity contribution is 9.09. The van der Waals surface area contributed by atoms with Gasteiger partial charge in [-0.1, -0.05) is 48.0 Å². The number of aliphatic hydroxyl groups is 1. The summed E-state index contributed by atoms with van der Waals surface area (Å²) in [6.45, 7) is 5.37. The molecule has 1 heterocycles. The average Bonchev–Trinajstić information content (AvgIpc) is 2.34. The van der Waals surface area contributed by atoms with E-state index in [-0.39, 0.29) is 0 Å². The molecule has 1 aliphatic heterocycles. The molecule has 1 fully saturated rings. The van der Waals surface area contributed by atoms with Crippen molar-refractivity contribution in [2.45, 2.75) is 70.3 Å². The molecule has 0 aliphatic carbocycles. The molecule has 108 valence electrons. The molecule has 1 saturated heterocycles. The van der Waals surface area contributed by atoms with E-state index in [1.54, 1.807) is 0 Å². The van der Waals surface area contributed by atoms with E-state index in [0.29, 0.717) is 0 Å². The van der Waals surface area contributed by atoms with Gasteiger partial charge < -0.3 is 10.0 Å². The number of hydrogen-bond acceptors (Lipinski definition) is 2. The van der Waals surface area contributed by atoms with Crippen molar-refractivity contribution in [1.82, 2.24) is 4.90 Å². The predicted molar refractivity (Wildman–Crippen MR) is 82.4 cm³/mol. The lowest BCUT2D eigenvalue weighted by atomic mass is 9.94. The van der Waals surface area contributed by atoms with E-state index in [1.165, 1.54) is 51.5 Å². The Balaban J connectivity index is 1.87. The molecule has 1 rings (SSSR count). The van der Waals surface area contributed by atoms with E-state index < -0.39 is 5.60 Å². The summed E-state index contributed by atoms with van der Waals surface area (Å²) in [7, 11) is 0. The fourth-order valence-corrected chi connectivity index (χ4v) is 2.97. The minimum atomic E-state index is -0.397. The summed E-state index contributed by atoms with van der Waals surface area (Å²) >= 11 is 3.47. The Kier molecular flexibility index (Phi) is 8.53. The first-order valence-corrected chi connectivity index (χ1v) is 8.77. The third-order valence-electron chi connectivity index (χ3n) is 4.04. The molecule has 0 atom stereocenters. The molecule has 2 nitrogen and oxygen atoms in total. The lowest BCUT2D eigenvalue weighted by molar-refractivity contribution is -0.00554. The Morgan fingerprint density at radius 3 is 2.00 bits per heavy atom. The van der Waals surface area contributed by atoms with Gasteiger partial charge in [0.2, 0.25) is 0 Å². The molecule has 1 aliphatic rings. The Bertz CT molecular complexity index is 199. The first-order valence-electron chi connectivity index (χ1n) is 7.65. The van der Waals surface area contributed by atoms with Crippen LogP contribution in [0.4, 0.5) is 0 Å². The molecule has 0 aromatic heterocycles. The molecule has 1 N–H and O–H groups in total. The summed E-state index contributed by atoms with van der Waals surface area (Å²) in [5.41, 5.74) is -0.397. The number of alkyl halides is 1. The maximum atomic E-state index is 9.87. The molecule has 18 heavy (non-hydrogen) atoms. The van der Waals surface area contributed by atoms with Gasteiger partial charge in [-0.05, 0) is 39.2 Å². The average molecular weight is 320 g/mol. The van der Waals surface area contributed by atoms with Crippen molar-refractivity contribution in [3.05, 3.63) is 0 Å². The van der Waals surface area contributed by atoms with Gasteiger partial charge in [0.25, 0.3) is 0 Å². The Morgan fingerprint density at radius 1 is 0.944 bits per heavy atom. The van der Waals surface area contributed by atoms with Crippen LogP contribution in [0, 0.1) is 0 Å². The van der Waals surface area contributed by atoms with Gasteiger partial charge in [0, 0.05) is 18.4 Å². The van der Waals surface area contributed by atoms with Crippen LogP contribution in [0.2, 0.25) is 0 Å². The van der Waals surface area contributed by atoms with Crippen LogP contribution in [0.1, 0.15) is 64.7 Å². The molecule has 0 spiro atoms. The highest BCUT2D eigenvalue weighted by Gasteiger charge is 2.26. The van der Waals surface area contributed by atoms with Gasteiger partial charge in [0.15, 0.2) is 0 Å². The number of hydrogen-bond donors (Lipinski definition) is 1. The summed E-state index contributed by atoms with van der Waals surface area (Å²) in [4.78, 5) is 2.52. The topological polar surface area (TPSA) is 23.5 Å². The molecule has 0 bridgehead atoms. The number of unbranched alkanes of at least 4 members (excludes halogenated alkanes) is 6. The van der Waals surface area contributed by atoms with Gasteiger partial charge in [-0.25, -0.2) is 0 Å². The third kappa shape index (κ3) is 7.75. The van der Waals surface area contributed by atoms with Crippen molar-refractivity contribution in [2.24, 2.45) is 0 Å². The van der Waals surface area contributed by atoms with Gasteiger partial charge in [0.05, 0.1) is 5.60 Å². The minimum Gasteiger partial charge on any atom is -0.390 e. The SMILES string of the molecule is CC1(O)CCN(CCCCCCCCCBr)CC1. The van der Waals surface area contributed by atoms with E-state index >= 15 is 0 Å². The van der Waals surface area contributed by atoms with Crippen LogP contribution >= 0.6 is 15.9 Å². The largest absolute Gasteiger partial charge is 0.390 e. The molecule has 0 saturated carbocycles. The van der Waals surface area contributed by atoms with E-state index in [1.807, 2.05) is 6.92 Å². The molecule has 0 radical (unpaired) electrons. The van der Waals surface area contributed by atoms with Crippen molar-refractivity contribution in [3.63, 3.8) is 0 Å². The summed E-state index contributed by atoms with van der Waals surface area (Å²) in [5.74, 6) is 0. The van der Waals surface area contributed by atoms with Gasteiger partial charge in [-0.3, -0.25) is 0 Å². The van der Waals surface area contributed by atoms with E-state index in [9.17, 15) is 5.11 Å². The highest BCUT2D eigenvalue weighted by atomic mass is 79.9. The first kappa shape index (κ1) is 16.5. The molecule has 0 aromatic carbocycles. The zero-order valence-electron chi connectivity index (χ0n) is 12.0. The quantitative estimate of drug-likeness (QED) is 0.513. The monoisotopic (exact) mass is 319 g/mol. The van der Waals surface area contributed by atoms with E-state index in [0.717, 1.165) is 31.3 Å². The maximum Gasteiger partial charge on any atom is 0.0644 e. The number of halogens is 1. The van der Waals surface area contributed by atoms with Crippen LogP contribution in [0.5, 0.6) is 0 Å². The second-order valence-electron chi connectivity index (χ2n) is 6.00. The Labute approximate surface area is 121 Å². The highest BCUT2D eigenvalue weighted by Crippen LogP contribution is 2.21. The standard InChI is InChI=1S/C15H30BrNO/c1-15(18)9-13-17(14-10-15)12-8-6-4-2-3-5-7-11-16/h18H,2-14H2,1H3. The lowest BCUT2D eigenvalue weighted by Gasteiger charge is -2.35. The summed E-state index contributed by atoms with van der Waals surface area (Å²) < 4.78 is 0. The fraction of sp³-hybridized carbons (Fsp3) is 1.00. The molecular weight excluding hydrogens is 290 g/mol. The fourth-order valence-electron chi connectivity index (χ4n) is 2.57. The molecular formula is C15H30BrNO. The zero-order valence-corrected chi connectivity index (χ0v) is 13.6. The molecule has 3 heteroatoms. The van der Waals surface area contributed by atoms with Gasteiger partial charge in [-0.2, -0.15) is 0 Å². The van der Waals surface area contributed by atoms with Gasteiger partial charge >= 0.3 is 0 Å². The molecule has 0 unspecified atom stereocenters. The molecule has 0 amide bonds. The summed E-state index contributed by atoms with van der Waals surface area (Å²) in [5, 5.41) is 11.0. The third-order valence-corrected chi connectivity index (χ3v) is 4.60. The smallest absolute Gasteiger partial charge is 0.0644 e. The van der Waals surface area contributed by atoms with Crippen molar-refractivity contribution in [2.75, 3.05) is 25.0 Å². The Morgan fingerprint density at radius 2 is 1.44 bits per heavy atom. The summed E-state index contributed by atoms with van der Waals surface area (Å²) in [6.07, 6.45) is 11.5. The number of nitrogens with zero attached hydrogens (tertiary/aromatic N) is 1. The number of piperidine rings is 1. The lowest BCUT2D eigenvalue weighted by Crippen LogP contribution is -2.42. The normalized spacial score (nSPS) is 20.2. The second-order valence-corrected chi connectivity index (χ2v) is 6.80. The van der Waals surface area contributed by atoms with Gasteiger partial charge in [-0.15, -0.1) is 0 Å². The van der Waals surface area contributed by atoms with Crippen LogP contribution in [-0.4, -0.2) is 40.6 Å². The zero-order chi connectivity index (χ0) is 13.3. The number of rotatable bonds is 9. The van der Waals surface area contributed by atoms with Crippen LogP contribution in [0.15, 0.2) is 0 Å². The van der Waals surface area contributed by atoms with Crippen LogP contribution in [0.25, 0.3) is 0 Å². The van der Waals surface area contributed by atoms with Crippen LogP contribution in [-0.2, 0) is 0 Å². The Hall–Kier alpha value is 0.400. The number of likely N-dealkylation sites (tertiary alicyclic amines) is 1. The second kappa shape index (κ2) is 9.33. The minimum absolute atomic E-state index is 0.397.